The minimum absolute atomic E-state index is 0.347. The van der Waals surface area contributed by atoms with Crippen LogP contribution in [0.2, 0.25) is 0 Å². The van der Waals surface area contributed by atoms with Crippen LogP contribution in [0.15, 0.2) is 22.8 Å². The number of rotatable bonds is 2. The molecule has 5 heteroatoms. The van der Waals surface area contributed by atoms with Crippen LogP contribution in [0.4, 0.5) is 10.6 Å². The van der Waals surface area contributed by atoms with Gasteiger partial charge in [0, 0.05) is 0 Å². The lowest BCUT2D eigenvalue weighted by Gasteiger charge is -2.03. The van der Waals surface area contributed by atoms with Crippen LogP contribution >= 0.6 is 15.9 Å². The van der Waals surface area contributed by atoms with E-state index >= 15 is 0 Å². The lowest BCUT2D eigenvalue weighted by Crippen LogP contribution is -2.14. The van der Waals surface area contributed by atoms with E-state index in [1.807, 2.05) is 0 Å². The molecule has 0 unspecified atom stereocenters. The number of nitrogens with one attached hydrogen (secondary N) is 1. The van der Waals surface area contributed by atoms with Gasteiger partial charge in [-0.2, -0.15) is 0 Å². The Balaban J connectivity index is 2.58. The maximum atomic E-state index is 10.9. The standard InChI is InChI=1S/C8H9BrN2O2/c1-2-13-8(12)11-7-5-3-4-6(9)10-7/h3-5H,2H2,1H3,(H,10,11,12). The highest BCUT2D eigenvalue weighted by Crippen LogP contribution is 2.09. The maximum Gasteiger partial charge on any atom is 0.412 e. The molecule has 1 aromatic heterocycles. The number of pyridine rings is 1. The molecule has 0 fully saturated rings. The fourth-order valence-electron chi connectivity index (χ4n) is 0.750. The predicted molar refractivity (Wildman–Crippen MR) is 52.6 cm³/mol. The Morgan fingerprint density at radius 2 is 2.46 bits per heavy atom. The van der Waals surface area contributed by atoms with Crippen LogP contribution in [-0.4, -0.2) is 17.7 Å². The first-order valence-electron chi connectivity index (χ1n) is 3.78. The zero-order valence-corrected chi connectivity index (χ0v) is 8.67. The van der Waals surface area contributed by atoms with Gasteiger partial charge in [-0.15, -0.1) is 0 Å². The number of ether oxygens (including phenoxy) is 1. The predicted octanol–water partition coefficient (Wildman–Crippen LogP) is 2.41. The maximum absolute atomic E-state index is 10.9. The first kappa shape index (κ1) is 9.98. The number of nitrogens with zero attached hydrogens (tertiary/aromatic N) is 1. The third-order valence-electron chi connectivity index (χ3n) is 1.22. The summed E-state index contributed by atoms with van der Waals surface area (Å²) in [5, 5.41) is 2.48. The van der Waals surface area contributed by atoms with E-state index in [-0.39, 0.29) is 0 Å². The Bertz CT molecular complexity index is 304. The van der Waals surface area contributed by atoms with Gasteiger partial charge in [0.2, 0.25) is 0 Å². The van der Waals surface area contributed by atoms with E-state index in [0.29, 0.717) is 17.0 Å². The molecule has 1 heterocycles. The van der Waals surface area contributed by atoms with Crippen molar-refractivity contribution in [3.05, 3.63) is 22.8 Å². The number of amides is 1. The topological polar surface area (TPSA) is 51.2 Å². The molecule has 0 saturated carbocycles. The van der Waals surface area contributed by atoms with Crippen LogP contribution in [0, 0.1) is 0 Å². The summed E-state index contributed by atoms with van der Waals surface area (Å²) in [5.41, 5.74) is 0. The molecule has 0 aliphatic carbocycles. The second-order valence-electron chi connectivity index (χ2n) is 2.19. The van der Waals surface area contributed by atoms with Gasteiger partial charge < -0.3 is 4.74 Å². The first-order valence-corrected chi connectivity index (χ1v) is 4.58. The third kappa shape index (κ3) is 3.42. The molecule has 0 spiro atoms. The molecule has 1 amide bonds. The average Bonchev–Trinajstić information content (AvgIpc) is 2.04. The Morgan fingerprint density at radius 1 is 1.69 bits per heavy atom. The van der Waals surface area contributed by atoms with E-state index in [0.717, 1.165) is 0 Å². The Morgan fingerprint density at radius 3 is 3.08 bits per heavy atom. The van der Waals surface area contributed by atoms with Gasteiger partial charge in [0.25, 0.3) is 0 Å². The summed E-state index contributed by atoms with van der Waals surface area (Å²) in [4.78, 5) is 14.9. The van der Waals surface area contributed by atoms with E-state index in [9.17, 15) is 4.79 Å². The summed E-state index contributed by atoms with van der Waals surface area (Å²) in [7, 11) is 0. The van der Waals surface area contributed by atoms with Crippen LogP contribution < -0.4 is 5.32 Å². The molecule has 0 radical (unpaired) electrons. The largest absolute Gasteiger partial charge is 0.450 e. The highest BCUT2D eigenvalue weighted by molar-refractivity contribution is 9.10. The van der Waals surface area contributed by atoms with E-state index in [1.54, 1.807) is 25.1 Å². The quantitative estimate of drug-likeness (QED) is 0.814. The third-order valence-corrected chi connectivity index (χ3v) is 1.66. The van der Waals surface area contributed by atoms with Crippen molar-refractivity contribution in [3.8, 4) is 0 Å². The van der Waals surface area contributed by atoms with Crippen molar-refractivity contribution >= 4 is 27.8 Å². The van der Waals surface area contributed by atoms with E-state index < -0.39 is 6.09 Å². The molecule has 1 aromatic rings. The van der Waals surface area contributed by atoms with Crippen LogP contribution in [0.25, 0.3) is 0 Å². The van der Waals surface area contributed by atoms with Crippen LogP contribution in [-0.2, 0) is 4.74 Å². The number of anilines is 1. The summed E-state index contributed by atoms with van der Waals surface area (Å²) in [6.07, 6.45) is -0.492. The molecule has 0 aromatic carbocycles. The fraction of sp³-hybridized carbons (Fsp3) is 0.250. The molecule has 4 nitrogen and oxygen atoms in total. The van der Waals surface area contributed by atoms with Gasteiger partial charge in [-0.25, -0.2) is 9.78 Å². The minimum Gasteiger partial charge on any atom is -0.450 e. The molecule has 0 atom stereocenters. The summed E-state index contributed by atoms with van der Waals surface area (Å²) >= 11 is 3.19. The van der Waals surface area contributed by atoms with Crippen molar-refractivity contribution in [2.45, 2.75) is 6.92 Å². The molecule has 0 bridgehead atoms. The Kier molecular flexibility index (Phi) is 3.70. The number of aromatic nitrogens is 1. The van der Waals surface area contributed by atoms with Gasteiger partial charge in [-0.1, -0.05) is 6.07 Å². The summed E-state index contributed by atoms with van der Waals surface area (Å²) in [6, 6.07) is 5.23. The lowest BCUT2D eigenvalue weighted by molar-refractivity contribution is 0.168. The molecule has 0 aliphatic rings. The minimum atomic E-state index is -0.492. The number of hydrogen-bond donors (Lipinski definition) is 1. The molecule has 1 rings (SSSR count). The van der Waals surface area contributed by atoms with Crippen LogP contribution in [0.3, 0.4) is 0 Å². The van der Waals surface area contributed by atoms with Crippen molar-refractivity contribution in [3.63, 3.8) is 0 Å². The van der Waals surface area contributed by atoms with E-state index in [4.69, 9.17) is 0 Å². The molecule has 70 valence electrons. The van der Waals surface area contributed by atoms with Gasteiger partial charge in [-0.3, -0.25) is 5.32 Å². The molecule has 13 heavy (non-hydrogen) atoms. The molecule has 0 saturated heterocycles. The van der Waals surface area contributed by atoms with Gasteiger partial charge in [0.15, 0.2) is 0 Å². The van der Waals surface area contributed by atoms with Crippen LogP contribution in [0.1, 0.15) is 6.92 Å². The van der Waals surface area contributed by atoms with Crippen molar-refractivity contribution < 1.29 is 9.53 Å². The van der Waals surface area contributed by atoms with Crippen molar-refractivity contribution in [2.75, 3.05) is 11.9 Å². The molecule has 0 aliphatic heterocycles. The van der Waals surface area contributed by atoms with Gasteiger partial charge in [0.05, 0.1) is 6.61 Å². The van der Waals surface area contributed by atoms with Gasteiger partial charge >= 0.3 is 6.09 Å². The summed E-state index contributed by atoms with van der Waals surface area (Å²) in [5.74, 6) is 0.466. The number of halogens is 1. The molecule has 1 N–H and O–H groups in total. The SMILES string of the molecule is CCOC(=O)Nc1cccc(Br)n1. The second kappa shape index (κ2) is 4.81. The summed E-state index contributed by atoms with van der Waals surface area (Å²) < 4.78 is 5.35. The highest BCUT2D eigenvalue weighted by Gasteiger charge is 2.01. The monoisotopic (exact) mass is 244 g/mol. The Labute approximate surface area is 84.4 Å². The van der Waals surface area contributed by atoms with Crippen molar-refractivity contribution in [2.24, 2.45) is 0 Å². The van der Waals surface area contributed by atoms with Gasteiger partial charge in [0.1, 0.15) is 10.4 Å². The number of carbonyl (C=O) groups excluding carboxylic acids is 1. The second-order valence-corrected chi connectivity index (χ2v) is 3.00. The molecular formula is C8H9BrN2O2. The zero-order chi connectivity index (χ0) is 9.68. The van der Waals surface area contributed by atoms with Crippen LogP contribution in [0.5, 0.6) is 0 Å². The van der Waals surface area contributed by atoms with E-state index in [1.165, 1.54) is 0 Å². The zero-order valence-electron chi connectivity index (χ0n) is 7.08. The van der Waals surface area contributed by atoms with E-state index in [2.05, 4.69) is 31.0 Å². The van der Waals surface area contributed by atoms with Gasteiger partial charge in [-0.05, 0) is 35.0 Å². The first-order chi connectivity index (χ1) is 6.22. The number of hydrogen-bond acceptors (Lipinski definition) is 3. The fourth-order valence-corrected chi connectivity index (χ4v) is 1.09. The normalized spacial score (nSPS) is 9.38. The average molecular weight is 245 g/mol. The smallest absolute Gasteiger partial charge is 0.412 e. The van der Waals surface area contributed by atoms with Crippen molar-refractivity contribution in [1.29, 1.82) is 0 Å². The molecular weight excluding hydrogens is 236 g/mol. The van der Waals surface area contributed by atoms with Crippen molar-refractivity contribution in [1.82, 2.24) is 4.98 Å². The summed E-state index contributed by atoms with van der Waals surface area (Å²) in [6.45, 7) is 2.09. The highest BCUT2D eigenvalue weighted by atomic mass is 79.9. The lowest BCUT2D eigenvalue weighted by atomic mass is 10.5. The number of carbonyl (C=O) groups is 1. The Hall–Kier alpha value is -1.10.